The Labute approximate surface area is 131 Å². The Balaban J connectivity index is 1.63. The number of aromatic nitrogens is 2. The number of β-amino-alcohol motifs (C(OH)–C–C–N with tert-alkyl or cyclic N) is 1. The highest BCUT2D eigenvalue weighted by molar-refractivity contribution is 5.22. The molecule has 2 atom stereocenters. The molecule has 5 nitrogen and oxygen atoms in total. The van der Waals surface area contributed by atoms with Crippen molar-refractivity contribution in [1.29, 1.82) is 0 Å². The minimum Gasteiger partial charge on any atom is -0.487 e. The molecule has 5 heteroatoms. The number of para-hydroxylation sites is 1. The van der Waals surface area contributed by atoms with Crippen LogP contribution < -0.4 is 4.74 Å². The van der Waals surface area contributed by atoms with Crippen molar-refractivity contribution in [3.8, 4) is 5.75 Å². The molecule has 0 spiro atoms. The van der Waals surface area contributed by atoms with Crippen LogP contribution in [0.1, 0.15) is 19.0 Å². The average molecular weight is 301 g/mol. The summed E-state index contributed by atoms with van der Waals surface area (Å²) in [6, 6.07) is 9.71. The fourth-order valence-corrected chi connectivity index (χ4v) is 2.99. The quantitative estimate of drug-likeness (QED) is 0.936. The van der Waals surface area contributed by atoms with Gasteiger partial charge in [-0.3, -0.25) is 4.90 Å². The summed E-state index contributed by atoms with van der Waals surface area (Å²) in [7, 11) is 1.99. The normalized spacial score (nSPS) is 26.0. The van der Waals surface area contributed by atoms with Crippen LogP contribution in [0.5, 0.6) is 5.75 Å². The molecule has 0 bridgehead atoms. The van der Waals surface area contributed by atoms with Crippen LogP contribution in [0.3, 0.4) is 0 Å². The summed E-state index contributed by atoms with van der Waals surface area (Å²) in [4.78, 5) is 6.40. The number of nitrogens with zero attached hydrogens (tertiary/aromatic N) is 3. The molecule has 22 heavy (non-hydrogen) atoms. The molecule has 0 saturated carbocycles. The van der Waals surface area contributed by atoms with E-state index in [0.29, 0.717) is 6.54 Å². The number of aliphatic hydroxyl groups is 1. The third kappa shape index (κ3) is 3.31. The average Bonchev–Trinajstić information content (AvgIpc) is 2.88. The van der Waals surface area contributed by atoms with E-state index < -0.39 is 5.60 Å². The Morgan fingerprint density at radius 3 is 2.77 bits per heavy atom. The van der Waals surface area contributed by atoms with Crippen molar-refractivity contribution in [3.63, 3.8) is 0 Å². The lowest BCUT2D eigenvalue weighted by atomic mass is 9.91. The van der Waals surface area contributed by atoms with Crippen molar-refractivity contribution < 1.29 is 9.84 Å². The van der Waals surface area contributed by atoms with Crippen LogP contribution in [0.2, 0.25) is 0 Å². The van der Waals surface area contributed by atoms with Crippen LogP contribution >= 0.6 is 0 Å². The van der Waals surface area contributed by atoms with Gasteiger partial charge in [-0.05, 0) is 25.5 Å². The van der Waals surface area contributed by atoms with Gasteiger partial charge in [-0.25, -0.2) is 4.98 Å². The highest BCUT2D eigenvalue weighted by atomic mass is 16.5. The van der Waals surface area contributed by atoms with E-state index in [4.69, 9.17) is 4.74 Å². The minimum absolute atomic E-state index is 0.183. The maximum Gasteiger partial charge on any atom is 0.129 e. The second kappa shape index (κ2) is 6.10. The van der Waals surface area contributed by atoms with E-state index in [-0.39, 0.29) is 6.10 Å². The Hall–Kier alpha value is -1.85. The molecule has 2 aromatic rings. The highest BCUT2D eigenvalue weighted by Crippen LogP contribution is 2.27. The summed E-state index contributed by atoms with van der Waals surface area (Å²) in [6.07, 6.45) is 4.30. The molecule has 1 aromatic carbocycles. The maximum atomic E-state index is 10.8. The molecule has 1 aliphatic heterocycles. The zero-order valence-electron chi connectivity index (χ0n) is 13.1. The number of aryl methyl sites for hydroxylation is 1. The molecular weight excluding hydrogens is 278 g/mol. The van der Waals surface area contributed by atoms with Gasteiger partial charge in [0.2, 0.25) is 0 Å². The van der Waals surface area contributed by atoms with E-state index in [1.807, 2.05) is 55.1 Å². The van der Waals surface area contributed by atoms with E-state index in [2.05, 4.69) is 9.88 Å². The summed E-state index contributed by atoms with van der Waals surface area (Å²) >= 11 is 0. The van der Waals surface area contributed by atoms with E-state index in [0.717, 1.165) is 31.0 Å². The van der Waals surface area contributed by atoms with Crippen molar-refractivity contribution in [1.82, 2.24) is 14.5 Å². The van der Waals surface area contributed by atoms with E-state index in [1.54, 1.807) is 6.33 Å². The third-order valence-corrected chi connectivity index (χ3v) is 4.27. The molecule has 2 heterocycles. The lowest BCUT2D eigenvalue weighted by Gasteiger charge is -2.42. The first kappa shape index (κ1) is 15.1. The standard InChI is InChI=1S/C17H23N3O2/c1-17(21)12-20(11-14-10-18-13-19(14)2)9-8-16(17)22-15-6-4-3-5-7-15/h3-7,10,13,16,21H,8-9,11-12H2,1-2H3/t16-,17-/m0/s1. The number of piperidine rings is 1. The van der Waals surface area contributed by atoms with Crippen LogP contribution in [0.25, 0.3) is 0 Å². The topological polar surface area (TPSA) is 50.5 Å². The summed E-state index contributed by atoms with van der Waals surface area (Å²) in [5.74, 6) is 0.813. The number of ether oxygens (including phenoxy) is 1. The van der Waals surface area contributed by atoms with Gasteiger partial charge in [0.1, 0.15) is 17.5 Å². The zero-order chi connectivity index (χ0) is 15.6. The molecule has 1 aromatic heterocycles. The zero-order valence-corrected chi connectivity index (χ0v) is 13.1. The second-order valence-corrected chi connectivity index (χ2v) is 6.27. The number of rotatable bonds is 4. The van der Waals surface area contributed by atoms with Gasteiger partial charge < -0.3 is 14.4 Å². The van der Waals surface area contributed by atoms with Gasteiger partial charge in [-0.2, -0.15) is 0 Å². The minimum atomic E-state index is -0.868. The second-order valence-electron chi connectivity index (χ2n) is 6.27. The summed E-state index contributed by atoms with van der Waals surface area (Å²) in [6.45, 7) is 4.15. The molecule has 1 fully saturated rings. The molecule has 3 rings (SSSR count). The Kier molecular flexibility index (Phi) is 4.18. The first-order chi connectivity index (χ1) is 10.5. The number of imidazole rings is 1. The monoisotopic (exact) mass is 301 g/mol. The van der Waals surface area contributed by atoms with E-state index in [9.17, 15) is 5.11 Å². The number of likely N-dealkylation sites (tertiary alicyclic amines) is 1. The van der Waals surface area contributed by atoms with Crippen molar-refractivity contribution in [3.05, 3.63) is 48.5 Å². The van der Waals surface area contributed by atoms with Crippen molar-refractivity contribution in [2.75, 3.05) is 13.1 Å². The fraction of sp³-hybridized carbons (Fsp3) is 0.471. The highest BCUT2D eigenvalue weighted by Gasteiger charge is 2.39. The van der Waals surface area contributed by atoms with Crippen LogP contribution in [0.15, 0.2) is 42.9 Å². The Morgan fingerprint density at radius 2 is 2.14 bits per heavy atom. The number of hydrogen-bond acceptors (Lipinski definition) is 4. The van der Waals surface area contributed by atoms with Gasteiger partial charge in [-0.1, -0.05) is 18.2 Å². The van der Waals surface area contributed by atoms with E-state index >= 15 is 0 Å². The molecule has 1 N–H and O–H groups in total. The summed E-state index contributed by atoms with van der Waals surface area (Å²) < 4.78 is 8.00. The third-order valence-electron chi connectivity index (χ3n) is 4.27. The fourth-order valence-electron chi connectivity index (χ4n) is 2.99. The molecule has 1 aliphatic rings. The Bertz CT molecular complexity index is 609. The largest absolute Gasteiger partial charge is 0.487 e. The van der Waals surface area contributed by atoms with Gasteiger partial charge in [0, 0.05) is 32.9 Å². The number of hydrogen-bond donors (Lipinski definition) is 1. The molecule has 0 radical (unpaired) electrons. The molecule has 1 saturated heterocycles. The van der Waals surface area contributed by atoms with Gasteiger partial charge in [0.05, 0.1) is 12.0 Å². The van der Waals surface area contributed by atoms with Gasteiger partial charge in [-0.15, -0.1) is 0 Å². The number of benzene rings is 1. The lowest BCUT2D eigenvalue weighted by molar-refractivity contribution is -0.0996. The van der Waals surface area contributed by atoms with Crippen molar-refractivity contribution in [2.45, 2.75) is 31.6 Å². The van der Waals surface area contributed by atoms with Gasteiger partial charge in [0.15, 0.2) is 0 Å². The van der Waals surface area contributed by atoms with Crippen molar-refractivity contribution in [2.24, 2.45) is 7.05 Å². The predicted octanol–water partition coefficient (Wildman–Crippen LogP) is 1.82. The smallest absolute Gasteiger partial charge is 0.129 e. The lowest BCUT2D eigenvalue weighted by Crippen LogP contribution is -2.56. The Morgan fingerprint density at radius 1 is 1.36 bits per heavy atom. The molecule has 0 unspecified atom stereocenters. The van der Waals surface area contributed by atoms with E-state index in [1.165, 1.54) is 0 Å². The first-order valence-electron chi connectivity index (χ1n) is 7.66. The molecular formula is C17H23N3O2. The van der Waals surface area contributed by atoms with Crippen LogP contribution in [0, 0.1) is 0 Å². The molecule has 0 aliphatic carbocycles. The first-order valence-corrected chi connectivity index (χ1v) is 7.66. The van der Waals surface area contributed by atoms with Crippen LogP contribution in [-0.4, -0.2) is 44.4 Å². The SMILES string of the molecule is Cn1cncc1CN1CC[C@H](Oc2ccccc2)[C@@](C)(O)C1. The van der Waals surface area contributed by atoms with Crippen molar-refractivity contribution >= 4 is 0 Å². The summed E-state index contributed by atoms with van der Waals surface area (Å²) in [5, 5.41) is 10.8. The van der Waals surface area contributed by atoms with Gasteiger partial charge in [0.25, 0.3) is 0 Å². The summed E-state index contributed by atoms with van der Waals surface area (Å²) in [5.41, 5.74) is 0.283. The van der Waals surface area contributed by atoms with Crippen LogP contribution in [-0.2, 0) is 13.6 Å². The van der Waals surface area contributed by atoms with Crippen LogP contribution in [0.4, 0.5) is 0 Å². The molecule has 118 valence electrons. The van der Waals surface area contributed by atoms with Gasteiger partial charge >= 0.3 is 0 Å². The maximum absolute atomic E-state index is 10.8. The molecule has 0 amide bonds. The predicted molar refractivity (Wildman–Crippen MR) is 84.6 cm³/mol.